The fourth-order valence-electron chi connectivity index (χ4n) is 1.58. The molecule has 1 N–H and O–H groups in total. The van der Waals surface area contributed by atoms with E-state index in [0.717, 1.165) is 0 Å². The number of halogens is 3. The normalized spacial score (nSPS) is 34.6. The number of ether oxygens (including phenoxy) is 1. The van der Waals surface area contributed by atoms with E-state index in [1.807, 2.05) is 0 Å². The van der Waals surface area contributed by atoms with Crippen LogP contribution >= 0.6 is 0 Å². The maximum absolute atomic E-state index is 12.4. The molecule has 1 atom stereocenters. The van der Waals surface area contributed by atoms with Crippen molar-refractivity contribution in [1.82, 2.24) is 0 Å². The molecule has 2 nitrogen and oxygen atoms in total. The maximum Gasteiger partial charge on any atom is 0.417 e. The summed E-state index contributed by atoms with van der Waals surface area (Å²) >= 11 is 0. The van der Waals surface area contributed by atoms with Crippen LogP contribution in [0.1, 0.15) is 26.7 Å². The van der Waals surface area contributed by atoms with Crippen LogP contribution in [0.5, 0.6) is 0 Å². The van der Waals surface area contributed by atoms with Gasteiger partial charge in [-0.2, -0.15) is 13.2 Å². The van der Waals surface area contributed by atoms with Crippen molar-refractivity contribution in [2.75, 3.05) is 6.61 Å². The zero-order chi connectivity index (χ0) is 10.3. The van der Waals surface area contributed by atoms with Gasteiger partial charge in [0.25, 0.3) is 0 Å². The van der Waals surface area contributed by atoms with Crippen LogP contribution in [0, 0.1) is 0 Å². The van der Waals surface area contributed by atoms with Gasteiger partial charge in [0.2, 0.25) is 0 Å². The molecule has 1 saturated heterocycles. The first kappa shape index (κ1) is 10.8. The Labute approximate surface area is 74.7 Å². The zero-order valence-electron chi connectivity index (χ0n) is 7.61. The van der Waals surface area contributed by atoms with E-state index in [1.165, 1.54) is 0 Å². The molecule has 0 spiro atoms. The van der Waals surface area contributed by atoms with Gasteiger partial charge in [-0.15, -0.1) is 0 Å². The first-order valence-corrected chi connectivity index (χ1v) is 4.09. The average Bonchev–Trinajstić information content (AvgIpc) is 1.80. The van der Waals surface area contributed by atoms with Gasteiger partial charge in [0.1, 0.15) is 0 Å². The lowest BCUT2D eigenvalue weighted by Gasteiger charge is -2.42. The predicted molar refractivity (Wildman–Crippen MR) is 40.3 cm³/mol. The Hall–Kier alpha value is -0.290. The lowest BCUT2D eigenvalue weighted by molar-refractivity contribution is -0.297. The molecule has 0 amide bonds. The van der Waals surface area contributed by atoms with E-state index < -0.39 is 23.8 Å². The van der Waals surface area contributed by atoms with E-state index in [-0.39, 0.29) is 13.0 Å². The number of rotatable bonds is 0. The molecule has 0 aromatic carbocycles. The Balaban J connectivity index is 2.81. The highest BCUT2D eigenvalue weighted by Crippen LogP contribution is 2.42. The van der Waals surface area contributed by atoms with Crippen molar-refractivity contribution in [2.45, 2.75) is 44.1 Å². The van der Waals surface area contributed by atoms with Crippen LogP contribution in [0.25, 0.3) is 0 Å². The fourth-order valence-corrected chi connectivity index (χ4v) is 1.58. The van der Waals surface area contributed by atoms with Crippen molar-refractivity contribution in [1.29, 1.82) is 0 Å². The van der Waals surface area contributed by atoms with Gasteiger partial charge < -0.3 is 9.84 Å². The number of aliphatic hydroxyl groups is 1. The van der Waals surface area contributed by atoms with E-state index in [2.05, 4.69) is 0 Å². The Bertz CT molecular complexity index is 200. The second kappa shape index (κ2) is 2.85. The molecular weight excluding hydrogens is 185 g/mol. The molecule has 0 bridgehead atoms. The maximum atomic E-state index is 12.4. The van der Waals surface area contributed by atoms with Crippen LogP contribution in [0.3, 0.4) is 0 Å². The monoisotopic (exact) mass is 198 g/mol. The molecule has 1 fully saturated rings. The first-order valence-electron chi connectivity index (χ1n) is 4.09. The molecule has 13 heavy (non-hydrogen) atoms. The summed E-state index contributed by atoms with van der Waals surface area (Å²) in [6.45, 7) is 3.04. The Morgan fingerprint density at radius 1 is 1.31 bits per heavy atom. The van der Waals surface area contributed by atoms with Crippen molar-refractivity contribution in [3.63, 3.8) is 0 Å². The van der Waals surface area contributed by atoms with Crippen molar-refractivity contribution in [3.8, 4) is 0 Å². The molecular formula is C8H13F3O2. The third-order valence-corrected chi connectivity index (χ3v) is 2.25. The molecule has 0 saturated carbocycles. The Morgan fingerprint density at radius 3 is 2.15 bits per heavy atom. The van der Waals surface area contributed by atoms with Crippen LogP contribution in [0.4, 0.5) is 13.2 Å². The molecule has 78 valence electrons. The van der Waals surface area contributed by atoms with E-state index in [0.29, 0.717) is 0 Å². The molecule has 1 unspecified atom stereocenters. The van der Waals surface area contributed by atoms with Crippen LogP contribution in [0.2, 0.25) is 0 Å². The van der Waals surface area contributed by atoms with Crippen molar-refractivity contribution < 1.29 is 23.0 Å². The quantitative estimate of drug-likeness (QED) is 0.643. The predicted octanol–water partition coefficient (Wildman–Crippen LogP) is 1.87. The third-order valence-electron chi connectivity index (χ3n) is 2.25. The van der Waals surface area contributed by atoms with E-state index >= 15 is 0 Å². The summed E-state index contributed by atoms with van der Waals surface area (Å²) < 4.78 is 42.2. The van der Waals surface area contributed by atoms with Crippen molar-refractivity contribution >= 4 is 0 Å². The summed E-state index contributed by atoms with van der Waals surface area (Å²) in [6, 6.07) is 0. The van der Waals surface area contributed by atoms with Gasteiger partial charge in [0.15, 0.2) is 5.60 Å². The van der Waals surface area contributed by atoms with Gasteiger partial charge in [-0.1, -0.05) is 0 Å². The fraction of sp³-hybridized carbons (Fsp3) is 1.00. The second-order valence-electron chi connectivity index (χ2n) is 4.06. The van der Waals surface area contributed by atoms with E-state index in [9.17, 15) is 18.3 Å². The summed E-state index contributed by atoms with van der Waals surface area (Å²) in [5.74, 6) is 0. The molecule has 0 aliphatic carbocycles. The van der Waals surface area contributed by atoms with Crippen LogP contribution in [-0.4, -0.2) is 29.1 Å². The second-order valence-corrected chi connectivity index (χ2v) is 4.06. The molecule has 0 radical (unpaired) electrons. The first-order chi connectivity index (χ1) is 5.66. The molecule has 0 aromatic rings. The summed E-state index contributed by atoms with van der Waals surface area (Å²) in [4.78, 5) is 0. The van der Waals surface area contributed by atoms with Crippen LogP contribution in [0.15, 0.2) is 0 Å². The standard InChI is InChI=1S/C8H13F3O2/c1-6(2)5-7(12,3-4-13-6)8(9,10)11/h12H,3-5H2,1-2H3. The molecule has 1 rings (SSSR count). The minimum atomic E-state index is -4.56. The zero-order valence-corrected chi connectivity index (χ0v) is 7.61. The topological polar surface area (TPSA) is 29.5 Å². The van der Waals surface area contributed by atoms with Crippen LogP contribution in [-0.2, 0) is 4.74 Å². The van der Waals surface area contributed by atoms with Gasteiger partial charge in [-0.25, -0.2) is 0 Å². The molecule has 0 aromatic heterocycles. The van der Waals surface area contributed by atoms with Gasteiger partial charge >= 0.3 is 6.18 Å². The van der Waals surface area contributed by atoms with Crippen molar-refractivity contribution in [3.05, 3.63) is 0 Å². The third kappa shape index (κ3) is 2.14. The van der Waals surface area contributed by atoms with Crippen LogP contribution < -0.4 is 0 Å². The highest BCUT2D eigenvalue weighted by Gasteiger charge is 2.57. The minimum Gasteiger partial charge on any atom is -0.380 e. The summed E-state index contributed by atoms with van der Waals surface area (Å²) in [6.07, 6.45) is -5.34. The molecule has 1 aliphatic heterocycles. The highest BCUT2D eigenvalue weighted by molar-refractivity contribution is 4.95. The number of hydrogen-bond acceptors (Lipinski definition) is 2. The Kier molecular flexibility index (Phi) is 2.37. The van der Waals surface area contributed by atoms with Gasteiger partial charge in [0.05, 0.1) is 12.2 Å². The van der Waals surface area contributed by atoms with Gasteiger partial charge in [-0.3, -0.25) is 0 Å². The largest absolute Gasteiger partial charge is 0.417 e. The lowest BCUT2D eigenvalue weighted by Crippen LogP contribution is -2.54. The smallest absolute Gasteiger partial charge is 0.380 e. The summed E-state index contributed by atoms with van der Waals surface area (Å²) in [5, 5.41) is 9.34. The van der Waals surface area contributed by atoms with Gasteiger partial charge in [-0.05, 0) is 13.8 Å². The molecule has 5 heteroatoms. The minimum absolute atomic E-state index is 0.0526. The highest BCUT2D eigenvalue weighted by atomic mass is 19.4. The average molecular weight is 198 g/mol. The number of alkyl halides is 3. The summed E-state index contributed by atoms with van der Waals surface area (Å²) in [7, 11) is 0. The molecule has 1 aliphatic rings. The van der Waals surface area contributed by atoms with E-state index in [4.69, 9.17) is 4.74 Å². The SMILES string of the molecule is CC1(C)CC(O)(C(F)(F)F)CCO1. The van der Waals surface area contributed by atoms with Crippen molar-refractivity contribution in [2.24, 2.45) is 0 Å². The Morgan fingerprint density at radius 2 is 1.85 bits per heavy atom. The summed E-state index contributed by atoms with van der Waals surface area (Å²) in [5.41, 5.74) is -3.47. The molecule has 1 heterocycles. The lowest BCUT2D eigenvalue weighted by atomic mass is 9.84. The van der Waals surface area contributed by atoms with E-state index in [1.54, 1.807) is 13.8 Å². The number of hydrogen-bond donors (Lipinski definition) is 1. The van der Waals surface area contributed by atoms with Gasteiger partial charge in [0, 0.05) is 12.8 Å².